The Hall–Kier alpha value is -1.84. The third kappa shape index (κ3) is 2.30. The fourth-order valence-corrected chi connectivity index (χ4v) is 1.03. The lowest BCUT2D eigenvalue weighted by Gasteiger charge is -2.03. The molecule has 0 bridgehead atoms. The Labute approximate surface area is 75.2 Å². The summed E-state index contributed by atoms with van der Waals surface area (Å²) in [6, 6.07) is 6.55. The van der Waals surface area contributed by atoms with Crippen LogP contribution in [0.15, 0.2) is 24.3 Å². The number of carboxylic acid groups (broad SMARTS) is 1. The topological polar surface area (TPSA) is 66.4 Å². The van der Waals surface area contributed by atoms with Gasteiger partial charge in [-0.15, -0.1) is 0 Å². The highest BCUT2D eigenvalue weighted by molar-refractivity contribution is 5.89. The third-order valence-corrected chi connectivity index (χ3v) is 1.62. The zero-order chi connectivity index (χ0) is 9.68. The van der Waals surface area contributed by atoms with E-state index in [0.717, 1.165) is 0 Å². The first kappa shape index (κ1) is 9.25. The van der Waals surface area contributed by atoms with E-state index in [0.29, 0.717) is 12.0 Å². The van der Waals surface area contributed by atoms with Gasteiger partial charge in [-0.25, -0.2) is 4.79 Å². The SMILES string of the molecule is O=CNCc1ccccc1C(=O)O. The average molecular weight is 179 g/mol. The number of benzene rings is 1. The summed E-state index contributed by atoms with van der Waals surface area (Å²) in [5, 5.41) is 11.2. The van der Waals surface area contributed by atoms with Gasteiger partial charge in [0.1, 0.15) is 0 Å². The molecule has 1 aromatic rings. The van der Waals surface area contributed by atoms with E-state index >= 15 is 0 Å². The van der Waals surface area contributed by atoms with E-state index < -0.39 is 5.97 Å². The van der Waals surface area contributed by atoms with Crippen molar-refractivity contribution in [1.82, 2.24) is 5.32 Å². The largest absolute Gasteiger partial charge is 0.478 e. The van der Waals surface area contributed by atoms with Crippen molar-refractivity contribution < 1.29 is 14.7 Å². The standard InChI is InChI=1S/C9H9NO3/c11-6-10-5-7-3-1-2-4-8(7)9(12)13/h1-4,6H,5H2,(H,10,11)(H,12,13). The van der Waals surface area contributed by atoms with Gasteiger partial charge in [-0.1, -0.05) is 18.2 Å². The predicted molar refractivity (Wildman–Crippen MR) is 46.3 cm³/mol. The number of carboxylic acids is 1. The van der Waals surface area contributed by atoms with Gasteiger partial charge >= 0.3 is 5.97 Å². The van der Waals surface area contributed by atoms with Gasteiger partial charge in [0, 0.05) is 6.54 Å². The van der Waals surface area contributed by atoms with Gasteiger partial charge in [0.25, 0.3) is 0 Å². The molecule has 2 N–H and O–H groups in total. The van der Waals surface area contributed by atoms with Gasteiger partial charge in [0.2, 0.25) is 6.41 Å². The fourth-order valence-electron chi connectivity index (χ4n) is 1.03. The minimum Gasteiger partial charge on any atom is -0.478 e. The number of aromatic carboxylic acids is 1. The highest BCUT2D eigenvalue weighted by Crippen LogP contribution is 2.07. The summed E-state index contributed by atoms with van der Waals surface area (Å²) in [6.45, 7) is 0.242. The maximum absolute atomic E-state index is 10.7. The molecule has 0 spiro atoms. The molecule has 68 valence electrons. The van der Waals surface area contributed by atoms with E-state index in [2.05, 4.69) is 5.32 Å². The van der Waals surface area contributed by atoms with Crippen molar-refractivity contribution in [2.24, 2.45) is 0 Å². The second-order valence-electron chi connectivity index (χ2n) is 2.46. The molecule has 4 heteroatoms. The van der Waals surface area contributed by atoms with Crippen molar-refractivity contribution in [3.8, 4) is 0 Å². The molecule has 1 rings (SSSR count). The molecule has 1 aromatic carbocycles. The highest BCUT2D eigenvalue weighted by atomic mass is 16.4. The number of rotatable bonds is 4. The van der Waals surface area contributed by atoms with Crippen molar-refractivity contribution in [2.45, 2.75) is 6.54 Å². The number of hydrogen-bond acceptors (Lipinski definition) is 2. The first-order valence-electron chi connectivity index (χ1n) is 3.74. The molecule has 0 aliphatic heterocycles. The van der Waals surface area contributed by atoms with Crippen LogP contribution < -0.4 is 5.32 Å². The molecule has 13 heavy (non-hydrogen) atoms. The van der Waals surface area contributed by atoms with E-state index in [1.54, 1.807) is 18.2 Å². The van der Waals surface area contributed by atoms with Crippen LogP contribution >= 0.6 is 0 Å². The summed E-state index contributed by atoms with van der Waals surface area (Å²) in [6.07, 6.45) is 0.540. The average Bonchev–Trinajstić information content (AvgIpc) is 2.15. The van der Waals surface area contributed by atoms with Gasteiger partial charge in [0.15, 0.2) is 0 Å². The number of carbonyl (C=O) groups is 2. The maximum Gasteiger partial charge on any atom is 0.336 e. The van der Waals surface area contributed by atoms with E-state index in [-0.39, 0.29) is 12.1 Å². The smallest absolute Gasteiger partial charge is 0.336 e. The van der Waals surface area contributed by atoms with Crippen LogP contribution in [-0.4, -0.2) is 17.5 Å². The molecule has 0 atom stereocenters. The number of nitrogens with one attached hydrogen (secondary N) is 1. The van der Waals surface area contributed by atoms with Crippen LogP contribution in [0.5, 0.6) is 0 Å². The van der Waals surface area contributed by atoms with Crippen LogP contribution in [0.25, 0.3) is 0 Å². The molecular formula is C9H9NO3. The Morgan fingerprint density at radius 3 is 2.77 bits per heavy atom. The molecule has 4 nitrogen and oxygen atoms in total. The van der Waals surface area contributed by atoms with Crippen LogP contribution in [0.1, 0.15) is 15.9 Å². The molecule has 0 unspecified atom stereocenters. The van der Waals surface area contributed by atoms with E-state index in [9.17, 15) is 9.59 Å². The molecule has 0 aliphatic rings. The lowest BCUT2D eigenvalue weighted by Crippen LogP contribution is -2.13. The van der Waals surface area contributed by atoms with Gasteiger partial charge in [0.05, 0.1) is 5.56 Å². The Balaban J connectivity index is 2.90. The van der Waals surface area contributed by atoms with Crippen LogP contribution in [0.4, 0.5) is 0 Å². The summed E-state index contributed by atoms with van der Waals surface area (Å²) in [5.74, 6) is -0.983. The van der Waals surface area contributed by atoms with Crippen LogP contribution in [0.2, 0.25) is 0 Å². The van der Waals surface area contributed by atoms with Crippen molar-refractivity contribution in [3.63, 3.8) is 0 Å². The molecule has 0 radical (unpaired) electrons. The second-order valence-corrected chi connectivity index (χ2v) is 2.46. The van der Waals surface area contributed by atoms with Crippen LogP contribution in [0.3, 0.4) is 0 Å². The number of carbonyl (C=O) groups excluding carboxylic acids is 1. The molecule has 0 heterocycles. The zero-order valence-electron chi connectivity index (χ0n) is 6.86. The molecule has 0 aliphatic carbocycles. The minimum absolute atomic E-state index is 0.219. The van der Waals surface area contributed by atoms with E-state index in [1.807, 2.05) is 0 Å². The van der Waals surface area contributed by atoms with Gasteiger partial charge < -0.3 is 10.4 Å². The lowest BCUT2D eigenvalue weighted by molar-refractivity contribution is -0.109. The van der Waals surface area contributed by atoms with E-state index in [1.165, 1.54) is 6.07 Å². The van der Waals surface area contributed by atoms with Gasteiger partial charge in [-0.3, -0.25) is 4.79 Å². The van der Waals surface area contributed by atoms with E-state index in [4.69, 9.17) is 5.11 Å². The molecule has 0 saturated carbocycles. The maximum atomic E-state index is 10.7. The third-order valence-electron chi connectivity index (χ3n) is 1.62. The molecule has 1 amide bonds. The highest BCUT2D eigenvalue weighted by Gasteiger charge is 2.07. The van der Waals surface area contributed by atoms with Gasteiger partial charge in [-0.05, 0) is 11.6 Å². The minimum atomic E-state index is -0.983. The molecule has 0 aromatic heterocycles. The van der Waals surface area contributed by atoms with Crippen molar-refractivity contribution in [1.29, 1.82) is 0 Å². The number of hydrogen-bond donors (Lipinski definition) is 2. The zero-order valence-corrected chi connectivity index (χ0v) is 6.86. The summed E-state index contributed by atoms with van der Waals surface area (Å²) in [5.41, 5.74) is 0.818. The first-order chi connectivity index (χ1) is 6.25. The van der Waals surface area contributed by atoms with Crippen molar-refractivity contribution in [3.05, 3.63) is 35.4 Å². The molecular weight excluding hydrogens is 170 g/mol. The second kappa shape index (κ2) is 4.25. The summed E-state index contributed by atoms with van der Waals surface area (Å²) in [7, 11) is 0. The Morgan fingerprint density at radius 2 is 2.15 bits per heavy atom. The summed E-state index contributed by atoms with van der Waals surface area (Å²) in [4.78, 5) is 20.7. The van der Waals surface area contributed by atoms with Crippen LogP contribution in [-0.2, 0) is 11.3 Å². The first-order valence-corrected chi connectivity index (χ1v) is 3.74. The normalized spacial score (nSPS) is 9.23. The quantitative estimate of drug-likeness (QED) is 0.666. The fraction of sp³-hybridized carbons (Fsp3) is 0.111. The molecule has 0 saturated heterocycles. The summed E-state index contributed by atoms with van der Waals surface area (Å²) >= 11 is 0. The molecule has 0 fully saturated rings. The predicted octanol–water partition coefficient (Wildman–Crippen LogP) is 0.631. The lowest BCUT2D eigenvalue weighted by atomic mass is 10.1. The van der Waals surface area contributed by atoms with Crippen LogP contribution in [0, 0.1) is 0 Å². The Bertz CT molecular complexity index is 322. The van der Waals surface area contributed by atoms with Crippen molar-refractivity contribution >= 4 is 12.4 Å². The van der Waals surface area contributed by atoms with Gasteiger partial charge in [-0.2, -0.15) is 0 Å². The summed E-state index contributed by atoms with van der Waals surface area (Å²) < 4.78 is 0. The van der Waals surface area contributed by atoms with Crippen molar-refractivity contribution in [2.75, 3.05) is 0 Å². The monoisotopic (exact) mass is 179 g/mol. The Morgan fingerprint density at radius 1 is 1.46 bits per heavy atom. The Kier molecular flexibility index (Phi) is 3.03. The number of amides is 1.